The average Bonchev–Trinajstić information content (AvgIpc) is 2.68. The van der Waals surface area contributed by atoms with Gasteiger partial charge in [0.25, 0.3) is 0 Å². The highest BCUT2D eigenvalue weighted by Gasteiger charge is 2.26. The number of ether oxygens (including phenoxy) is 1. The van der Waals surface area contributed by atoms with E-state index < -0.39 is 0 Å². The van der Waals surface area contributed by atoms with Gasteiger partial charge in [0, 0.05) is 61.9 Å². The largest absolute Gasteiger partial charge is 0.383 e. The molecule has 1 atom stereocenters. The molecule has 0 aliphatic carbocycles. The van der Waals surface area contributed by atoms with Gasteiger partial charge in [-0.3, -0.25) is 9.78 Å². The van der Waals surface area contributed by atoms with Crippen molar-refractivity contribution in [2.24, 2.45) is 5.92 Å². The van der Waals surface area contributed by atoms with E-state index in [2.05, 4.69) is 20.2 Å². The van der Waals surface area contributed by atoms with E-state index in [4.69, 9.17) is 9.72 Å². The predicted molar refractivity (Wildman–Crippen MR) is 104 cm³/mol. The smallest absolute Gasteiger partial charge is 0.223 e. The molecule has 0 aromatic carbocycles. The standard InChI is InChI=1S/C20H27N5O2/c1-14-11-18(24-19(22-14)17-5-4-8-21-12-17)25-9-6-16(7-10-25)20(26)23-15(2)13-27-3/h4-5,8,11-12,15-16H,6-7,9-10,13H2,1-3H3,(H,23,26)/t15-/m1/s1. The Balaban J connectivity index is 1.64. The van der Waals surface area contributed by atoms with E-state index in [1.807, 2.05) is 32.0 Å². The molecule has 3 heterocycles. The molecule has 7 heteroatoms. The van der Waals surface area contributed by atoms with Crippen LogP contribution in [0.5, 0.6) is 0 Å². The topological polar surface area (TPSA) is 80.2 Å². The Kier molecular flexibility index (Phi) is 6.34. The summed E-state index contributed by atoms with van der Waals surface area (Å²) in [7, 11) is 1.64. The van der Waals surface area contributed by atoms with E-state index in [1.165, 1.54) is 0 Å². The second kappa shape index (κ2) is 8.90. The van der Waals surface area contributed by atoms with Crippen molar-refractivity contribution in [1.29, 1.82) is 0 Å². The maximum atomic E-state index is 12.4. The van der Waals surface area contributed by atoms with Crippen LogP contribution in [0.4, 0.5) is 5.82 Å². The number of piperidine rings is 1. The molecule has 0 radical (unpaired) electrons. The fourth-order valence-corrected chi connectivity index (χ4v) is 3.36. The van der Waals surface area contributed by atoms with Crippen LogP contribution < -0.4 is 10.2 Å². The van der Waals surface area contributed by atoms with Crippen LogP contribution in [0.25, 0.3) is 11.4 Å². The maximum absolute atomic E-state index is 12.4. The highest BCUT2D eigenvalue weighted by atomic mass is 16.5. The molecule has 0 saturated carbocycles. The number of aryl methyl sites for hydroxylation is 1. The number of hydrogen-bond donors (Lipinski definition) is 1. The van der Waals surface area contributed by atoms with Crippen LogP contribution in [0.2, 0.25) is 0 Å². The number of carbonyl (C=O) groups excluding carboxylic acids is 1. The van der Waals surface area contributed by atoms with Crippen molar-refractivity contribution in [1.82, 2.24) is 20.3 Å². The maximum Gasteiger partial charge on any atom is 0.223 e. The van der Waals surface area contributed by atoms with Crippen LogP contribution in [-0.4, -0.2) is 53.7 Å². The number of methoxy groups -OCH3 is 1. The summed E-state index contributed by atoms with van der Waals surface area (Å²) in [4.78, 5) is 28.1. The van der Waals surface area contributed by atoms with Crippen LogP contribution in [0, 0.1) is 12.8 Å². The normalized spacial score (nSPS) is 16.2. The fourth-order valence-electron chi connectivity index (χ4n) is 3.36. The van der Waals surface area contributed by atoms with Gasteiger partial charge >= 0.3 is 0 Å². The van der Waals surface area contributed by atoms with Gasteiger partial charge in [-0.05, 0) is 38.8 Å². The monoisotopic (exact) mass is 369 g/mol. The summed E-state index contributed by atoms with van der Waals surface area (Å²) in [5.41, 5.74) is 1.83. The first-order valence-electron chi connectivity index (χ1n) is 9.37. The summed E-state index contributed by atoms with van der Waals surface area (Å²) in [5.74, 6) is 1.76. The number of carbonyl (C=O) groups is 1. The second-order valence-corrected chi connectivity index (χ2v) is 7.06. The van der Waals surface area contributed by atoms with Crippen LogP contribution in [-0.2, 0) is 9.53 Å². The van der Waals surface area contributed by atoms with Gasteiger partial charge in [0.15, 0.2) is 5.82 Å². The van der Waals surface area contributed by atoms with E-state index in [9.17, 15) is 4.79 Å². The molecule has 0 spiro atoms. The molecule has 2 aromatic rings. The van der Waals surface area contributed by atoms with E-state index in [0.717, 1.165) is 43.0 Å². The summed E-state index contributed by atoms with van der Waals surface area (Å²) >= 11 is 0. The molecule has 144 valence electrons. The second-order valence-electron chi connectivity index (χ2n) is 7.06. The Hall–Kier alpha value is -2.54. The Morgan fingerprint density at radius 3 is 2.81 bits per heavy atom. The van der Waals surface area contributed by atoms with Gasteiger partial charge in [0.1, 0.15) is 5.82 Å². The van der Waals surface area contributed by atoms with Crippen molar-refractivity contribution >= 4 is 11.7 Å². The SMILES string of the molecule is COC[C@@H](C)NC(=O)C1CCN(c2cc(C)nc(-c3cccnc3)n2)CC1. The zero-order valence-corrected chi connectivity index (χ0v) is 16.2. The highest BCUT2D eigenvalue weighted by Crippen LogP contribution is 2.25. The zero-order chi connectivity index (χ0) is 19.2. The molecule has 7 nitrogen and oxygen atoms in total. The lowest BCUT2D eigenvalue weighted by atomic mass is 9.95. The van der Waals surface area contributed by atoms with E-state index in [-0.39, 0.29) is 17.9 Å². The quantitative estimate of drug-likeness (QED) is 0.841. The molecule has 1 aliphatic rings. The van der Waals surface area contributed by atoms with Gasteiger partial charge in [-0.25, -0.2) is 9.97 Å². The van der Waals surface area contributed by atoms with Crippen molar-refractivity contribution < 1.29 is 9.53 Å². The van der Waals surface area contributed by atoms with Gasteiger partial charge in [-0.1, -0.05) is 0 Å². The first kappa shape index (κ1) is 19.2. The van der Waals surface area contributed by atoms with Gasteiger partial charge in [-0.15, -0.1) is 0 Å². The van der Waals surface area contributed by atoms with Crippen LogP contribution >= 0.6 is 0 Å². The van der Waals surface area contributed by atoms with Gasteiger partial charge in [0.05, 0.1) is 6.61 Å². The van der Waals surface area contributed by atoms with E-state index >= 15 is 0 Å². The Morgan fingerprint density at radius 2 is 2.15 bits per heavy atom. The summed E-state index contributed by atoms with van der Waals surface area (Å²) in [5, 5.41) is 3.03. The number of aromatic nitrogens is 3. The molecule has 1 N–H and O–H groups in total. The summed E-state index contributed by atoms with van der Waals surface area (Å²) in [6.07, 6.45) is 5.15. The van der Waals surface area contributed by atoms with Gasteiger partial charge in [0.2, 0.25) is 5.91 Å². The molecule has 0 unspecified atom stereocenters. The molecule has 1 saturated heterocycles. The van der Waals surface area contributed by atoms with Crippen molar-refractivity contribution in [2.45, 2.75) is 32.7 Å². The Bertz CT molecular complexity index is 760. The number of pyridine rings is 1. The minimum absolute atomic E-state index is 0.0343. The number of hydrogen-bond acceptors (Lipinski definition) is 6. The van der Waals surface area contributed by atoms with E-state index in [0.29, 0.717) is 12.4 Å². The number of nitrogens with zero attached hydrogens (tertiary/aromatic N) is 4. The fraction of sp³-hybridized carbons (Fsp3) is 0.500. The molecule has 3 rings (SSSR count). The first-order valence-corrected chi connectivity index (χ1v) is 9.37. The third kappa shape index (κ3) is 5.01. The van der Waals surface area contributed by atoms with E-state index in [1.54, 1.807) is 19.5 Å². The third-order valence-electron chi connectivity index (χ3n) is 4.76. The summed E-state index contributed by atoms with van der Waals surface area (Å²) < 4.78 is 5.08. The zero-order valence-electron chi connectivity index (χ0n) is 16.2. The lowest BCUT2D eigenvalue weighted by Gasteiger charge is -2.32. The molecular formula is C20H27N5O2. The van der Waals surface area contributed by atoms with Gasteiger partial charge in [-0.2, -0.15) is 0 Å². The number of rotatable bonds is 6. The minimum atomic E-state index is 0.0343. The van der Waals surface area contributed by atoms with Crippen molar-refractivity contribution in [3.05, 3.63) is 36.3 Å². The third-order valence-corrected chi connectivity index (χ3v) is 4.76. The van der Waals surface area contributed by atoms with Crippen LogP contribution in [0.1, 0.15) is 25.5 Å². The summed E-state index contributed by atoms with van der Waals surface area (Å²) in [6.45, 7) is 6.07. The van der Waals surface area contributed by atoms with Crippen LogP contribution in [0.15, 0.2) is 30.6 Å². The van der Waals surface area contributed by atoms with Gasteiger partial charge < -0.3 is 15.0 Å². The predicted octanol–water partition coefficient (Wildman–Crippen LogP) is 2.21. The highest BCUT2D eigenvalue weighted by molar-refractivity contribution is 5.79. The lowest BCUT2D eigenvalue weighted by Crippen LogP contribution is -2.44. The molecule has 1 amide bonds. The molecule has 2 aromatic heterocycles. The first-order chi connectivity index (χ1) is 13.1. The molecular weight excluding hydrogens is 342 g/mol. The molecule has 27 heavy (non-hydrogen) atoms. The number of amides is 1. The van der Waals surface area contributed by atoms with Crippen molar-refractivity contribution in [3.8, 4) is 11.4 Å². The minimum Gasteiger partial charge on any atom is -0.383 e. The van der Waals surface area contributed by atoms with Crippen molar-refractivity contribution in [3.63, 3.8) is 0 Å². The van der Waals surface area contributed by atoms with Crippen molar-refractivity contribution in [2.75, 3.05) is 31.7 Å². The average molecular weight is 369 g/mol. The Labute approximate surface area is 160 Å². The summed E-state index contributed by atoms with van der Waals surface area (Å²) in [6, 6.07) is 5.88. The Morgan fingerprint density at radius 1 is 1.37 bits per heavy atom. The number of anilines is 1. The molecule has 1 fully saturated rings. The molecule has 1 aliphatic heterocycles. The molecule has 0 bridgehead atoms. The lowest BCUT2D eigenvalue weighted by molar-refractivity contribution is -0.126. The van der Waals surface area contributed by atoms with Crippen LogP contribution in [0.3, 0.4) is 0 Å². The number of nitrogens with one attached hydrogen (secondary N) is 1.